The summed E-state index contributed by atoms with van der Waals surface area (Å²) in [7, 11) is 0. The molecule has 7 aromatic rings. The number of hydrogen-bond acceptors (Lipinski definition) is 3. The fourth-order valence-corrected chi connectivity index (χ4v) is 4.54. The molecule has 4 aromatic carbocycles. The molecule has 142 valence electrons. The Morgan fingerprint density at radius 2 is 1.57 bits per heavy atom. The van der Waals surface area contributed by atoms with Crippen molar-refractivity contribution >= 4 is 49.9 Å². The van der Waals surface area contributed by atoms with Gasteiger partial charge in [0.1, 0.15) is 11.2 Å². The van der Waals surface area contributed by atoms with E-state index in [-0.39, 0.29) is 0 Å². The van der Waals surface area contributed by atoms with Gasteiger partial charge in [-0.25, -0.2) is 0 Å². The summed E-state index contributed by atoms with van der Waals surface area (Å²) in [5.41, 5.74) is 8.96. The number of oxazole rings is 1. The number of hydrogen-bond donors (Lipinski definition) is 0. The van der Waals surface area contributed by atoms with Crippen molar-refractivity contribution in [2.45, 2.75) is 6.92 Å². The molecule has 0 unspecified atom stereocenters. The zero-order chi connectivity index (χ0) is 19.8. The topological polar surface area (TPSA) is 43.6 Å². The van der Waals surface area contributed by atoms with E-state index in [4.69, 9.17) is 8.83 Å². The molecule has 0 amide bonds. The standard InChI is InChI=1S/C26H16N2O2/c1-15-6-4-8-18-19-9-5-7-17(25(19)30-24(15)18)16-12-13-23-22(14-16)28-21-11-3-2-10-20(21)27-26(28)29-23/h2-14H,1H3. The molecule has 0 atom stereocenters. The van der Waals surface area contributed by atoms with E-state index in [2.05, 4.69) is 70.9 Å². The molecule has 0 N–H and O–H groups in total. The molecule has 0 bridgehead atoms. The van der Waals surface area contributed by atoms with Gasteiger partial charge in [0, 0.05) is 16.3 Å². The van der Waals surface area contributed by atoms with Gasteiger partial charge in [-0.3, -0.25) is 4.40 Å². The second-order valence-electron chi connectivity index (χ2n) is 7.74. The molecular weight excluding hydrogens is 372 g/mol. The van der Waals surface area contributed by atoms with Crippen LogP contribution < -0.4 is 0 Å². The van der Waals surface area contributed by atoms with Crippen LogP contribution in [-0.2, 0) is 0 Å². The first kappa shape index (κ1) is 15.8. The van der Waals surface area contributed by atoms with Crippen molar-refractivity contribution in [1.82, 2.24) is 9.38 Å². The van der Waals surface area contributed by atoms with Gasteiger partial charge in [0.05, 0.1) is 16.6 Å². The molecule has 0 aliphatic carbocycles. The van der Waals surface area contributed by atoms with E-state index in [1.807, 2.05) is 24.3 Å². The van der Waals surface area contributed by atoms with Crippen LogP contribution in [0.3, 0.4) is 0 Å². The minimum Gasteiger partial charge on any atom is -0.455 e. The largest absolute Gasteiger partial charge is 0.455 e. The molecule has 30 heavy (non-hydrogen) atoms. The molecule has 0 aliphatic heterocycles. The second kappa shape index (κ2) is 5.51. The molecule has 0 saturated carbocycles. The minimum atomic E-state index is 0.612. The number of aromatic nitrogens is 2. The van der Waals surface area contributed by atoms with E-state index < -0.39 is 0 Å². The lowest BCUT2D eigenvalue weighted by atomic mass is 10.0. The maximum Gasteiger partial charge on any atom is 0.307 e. The highest BCUT2D eigenvalue weighted by atomic mass is 16.4. The number of aryl methyl sites for hydroxylation is 1. The van der Waals surface area contributed by atoms with E-state index in [1.54, 1.807) is 0 Å². The Hall–Kier alpha value is -4.05. The lowest BCUT2D eigenvalue weighted by Crippen LogP contribution is -1.83. The Morgan fingerprint density at radius 3 is 2.50 bits per heavy atom. The van der Waals surface area contributed by atoms with E-state index in [0.717, 1.165) is 60.8 Å². The number of rotatable bonds is 1. The van der Waals surface area contributed by atoms with Gasteiger partial charge in [-0.2, -0.15) is 4.98 Å². The van der Waals surface area contributed by atoms with Crippen LogP contribution in [0.15, 0.2) is 87.7 Å². The van der Waals surface area contributed by atoms with Crippen LogP contribution in [-0.4, -0.2) is 9.38 Å². The predicted molar refractivity (Wildman–Crippen MR) is 120 cm³/mol. The summed E-state index contributed by atoms with van der Waals surface area (Å²) in [5, 5.41) is 2.29. The smallest absolute Gasteiger partial charge is 0.307 e. The maximum atomic E-state index is 6.36. The van der Waals surface area contributed by atoms with Gasteiger partial charge in [0.2, 0.25) is 0 Å². The molecule has 0 saturated heterocycles. The van der Waals surface area contributed by atoms with Crippen molar-refractivity contribution in [2.75, 3.05) is 0 Å². The third kappa shape index (κ3) is 1.97. The van der Waals surface area contributed by atoms with Gasteiger partial charge in [-0.05, 0) is 42.3 Å². The van der Waals surface area contributed by atoms with Gasteiger partial charge < -0.3 is 8.83 Å². The number of imidazole rings is 1. The van der Waals surface area contributed by atoms with Crippen LogP contribution in [0.1, 0.15) is 5.56 Å². The molecular formula is C26H16N2O2. The third-order valence-corrected chi connectivity index (χ3v) is 5.96. The second-order valence-corrected chi connectivity index (χ2v) is 7.74. The Kier molecular flexibility index (Phi) is 2.91. The summed E-state index contributed by atoms with van der Waals surface area (Å²) >= 11 is 0. The Morgan fingerprint density at radius 1 is 0.733 bits per heavy atom. The summed E-state index contributed by atoms with van der Waals surface area (Å²) in [4.78, 5) is 4.62. The molecule has 0 fully saturated rings. The Balaban J connectivity index is 1.56. The molecule has 3 heterocycles. The molecule has 7 rings (SSSR count). The summed E-state index contributed by atoms with van der Waals surface area (Å²) in [6.45, 7) is 2.09. The molecule has 3 aromatic heterocycles. The zero-order valence-corrected chi connectivity index (χ0v) is 16.2. The highest BCUT2D eigenvalue weighted by Gasteiger charge is 2.16. The maximum absolute atomic E-state index is 6.36. The molecule has 0 spiro atoms. The van der Waals surface area contributed by atoms with Gasteiger partial charge >= 0.3 is 5.84 Å². The van der Waals surface area contributed by atoms with E-state index in [9.17, 15) is 0 Å². The number of para-hydroxylation sites is 4. The average Bonchev–Trinajstić information content (AvgIpc) is 3.43. The van der Waals surface area contributed by atoms with Gasteiger partial charge in [-0.1, -0.05) is 54.6 Å². The predicted octanol–water partition coefficient (Wildman–Crippen LogP) is 7.11. The van der Waals surface area contributed by atoms with Crippen LogP contribution >= 0.6 is 0 Å². The highest BCUT2D eigenvalue weighted by Crippen LogP contribution is 2.38. The number of furan rings is 1. The lowest BCUT2D eigenvalue weighted by molar-refractivity contribution is 0.643. The zero-order valence-electron chi connectivity index (χ0n) is 16.2. The normalized spacial score (nSPS) is 12.2. The van der Waals surface area contributed by atoms with Crippen LogP contribution in [0.4, 0.5) is 0 Å². The average molecular weight is 388 g/mol. The summed E-state index contributed by atoms with van der Waals surface area (Å²) in [5.74, 6) is 0.612. The van der Waals surface area contributed by atoms with Gasteiger partial charge in [-0.15, -0.1) is 0 Å². The van der Waals surface area contributed by atoms with Crippen molar-refractivity contribution in [3.05, 3.63) is 84.4 Å². The third-order valence-electron chi connectivity index (χ3n) is 5.96. The van der Waals surface area contributed by atoms with Gasteiger partial charge in [0.25, 0.3) is 0 Å². The fourth-order valence-electron chi connectivity index (χ4n) is 4.54. The van der Waals surface area contributed by atoms with Crippen molar-refractivity contribution < 1.29 is 8.83 Å². The van der Waals surface area contributed by atoms with Crippen LogP contribution in [0.2, 0.25) is 0 Å². The Bertz CT molecular complexity index is 1760. The number of nitrogens with zero attached hydrogens (tertiary/aromatic N) is 2. The minimum absolute atomic E-state index is 0.612. The first-order chi connectivity index (χ1) is 14.8. The van der Waals surface area contributed by atoms with Crippen LogP contribution in [0.5, 0.6) is 0 Å². The molecule has 4 heteroatoms. The molecule has 0 radical (unpaired) electrons. The number of benzene rings is 4. The quantitative estimate of drug-likeness (QED) is 0.301. The van der Waals surface area contributed by atoms with Crippen molar-refractivity contribution in [1.29, 1.82) is 0 Å². The monoisotopic (exact) mass is 388 g/mol. The summed E-state index contributed by atoms with van der Waals surface area (Å²) in [6.07, 6.45) is 0. The summed E-state index contributed by atoms with van der Waals surface area (Å²) in [6, 6.07) is 27.0. The first-order valence-electron chi connectivity index (χ1n) is 9.99. The number of fused-ring (bicyclic) bond motifs is 8. The van der Waals surface area contributed by atoms with Gasteiger partial charge in [0.15, 0.2) is 5.58 Å². The molecule has 4 nitrogen and oxygen atoms in total. The Labute approximate surface area is 171 Å². The molecule has 0 aliphatic rings. The van der Waals surface area contributed by atoms with E-state index >= 15 is 0 Å². The van der Waals surface area contributed by atoms with Crippen molar-refractivity contribution in [3.63, 3.8) is 0 Å². The van der Waals surface area contributed by atoms with E-state index in [1.165, 1.54) is 0 Å². The van der Waals surface area contributed by atoms with Crippen LogP contribution in [0, 0.1) is 6.92 Å². The van der Waals surface area contributed by atoms with Crippen molar-refractivity contribution in [3.8, 4) is 11.1 Å². The SMILES string of the molecule is Cc1cccc2c1oc1c(-c3ccc4oc5nc6ccccc6n5c4c3)cccc12. The fraction of sp³-hybridized carbons (Fsp3) is 0.0385. The van der Waals surface area contributed by atoms with E-state index in [0.29, 0.717) is 5.84 Å². The first-order valence-corrected chi connectivity index (χ1v) is 9.99. The lowest BCUT2D eigenvalue weighted by Gasteiger charge is -2.03. The van der Waals surface area contributed by atoms with Crippen LogP contribution in [0.25, 0.3) is 61.0 Å². The highest BCUT2D eigenvalue weighted by molar-refractivity contribution is 6.10. The summed E-state index contributed by atoms with van der Waals surface area (Å²) < 4.78 is 14.5. The van der Waals surface area contributed by atoms with Crippen molar-refractivity contribution in [2.24, 2.45) is 0 Å².